The molecule has 1 heterocycles. The van der Waals surface area contributed by atoms with Crippen molar-refractivity contribution in [3.63, 3.8) is 0 Å². The van der Waals surface area contributed by atoms with Crippen molar-refractivity contribution in [2.75, 3.05) is 27.9 Å². The summed E-state index contributed by atoms with van der Waals surface area (Å²) in [5.74, 6) is 0.225. The van der Waals surface area contributed by atoms with E-state index in [2.05, 4.69) is 0 Å². The molecule has 0 spiro atoms. The molecule has 1 aromatic carbocycles. The van der Waals surface area contributed by atoms with Crippen LogP contribution in [0.5, 0.6) is 11.5 Å². The van der Waals surface area contributed by atoms with Crippen LogP contribution < -0.4 is 9.47 Å². The molecule has 8 nitrogen and oxygen atoms in total. The van der Waals surface area contributed by atoms with Gasteiger partial charge in [-0.3, -0.25) is 4.79 Å². The maximum absolute atomic E-state index is 12.5. The van der Waals surface area contributed by atoms with Crippen LogP contribution in [0.25, 0.3) is 0 Å². The number of carbonyl (C=O) groups excluding carboxylic acids is 2. The van der Waals surface area contributed by atoms with E-state index in [0.717, 1.165) is 16.7 Å². The number of allylic oxidation sites excluding steroid dienone is 2. The second kappa shape index (κ2) is 11.0. The van der Waals surface area contributed by atoms with Gasteiger partial charge in [0.15, 0.2) is 0 Å². The molecule has 0 amide bonds. The molecule has 8 heteroatoms. The van der Waals surface area contributed by atoms with Gasteiger partial charge >= 0.3 is 18.4 Å². The molecule has 1 atom stereocenters. The van der Waals surface area contributed by atoms with E-state index in [1.165, 1.54) is 14.2 Å². The van der Waals surface area contributed by atoms with Gasteiger partial charge in [0.25, 0.3) is 0 Å². The van der Waals surface area contributed by atoms with E-state index >= 15 is 0 Å². The molecule has 0 aliphatic carbocycles. The predicted octanol–water partition coefficient (Wildman–Crippen LogP) is 3.46. The van der Waals surface area contributed by atoms with Gasteiger partial charge in [-0.2, -0.15) is 0 Å². The SMILES string of the molecule is CCOC(OC)Oc1c(CC=C(C)CCC(=O)OC)c(OC)c(C)c2c1C(=O)OC2. The number of carbonyl (C=O) groups is 2. The molecule has 0 aromatic heterocycles. The first kappa shape index (κ1) is 23.7. The Morgan fingerprint density at radius 3 is 2.53 bits per heavy atom. The molecule has 1 aliphatic rings. The quantitative estimate of drug-likeness (QED) is 0.304. The van der Waals surface area contributed by atoms with Crippen LogP contribution in [0.1, 0.15) is 53.7 Å². The molecule has 0 saturated carbocycles. The van der Waals surface area contributed by atoms with Crippen molar-refractivity contribution in [3.05, 3.63) is 33.9 Å². The molecular weight excluding hydrogens is 392 g/mol. The molecule has 0 bridgehead atoms. The van der Waals surface area contributed by atoms with Crippen LogP contribution in [-0.4, -0.2) is 46.4 Å². The summed E-state index contributed by atoms with van der Waals surface area (Å²) < 4.78 is 32.3. The minimum absolute atomic E-state index is 0.160. The Morgan fingerprint density at radius 2 is 1.93 bits per heavy atom. The summed E-state index contributed by atoms with van der Waals surface area (Å²) in [6, 6.07) is 0. The van der Waals surface area contributed by atoms with Crippen molar-refractivity contribution < 1.29 is 38.0 Å². The smallest absolute Gasteiger partial charge is 0.342 e. The first-order valence-electron chi connectivity index (χ1n) is 9.80. The Bertz CT molecular complexity index is 812. The number of rotatable bonds is 11. The Hall–Kier alpha value is -2.58. The molecule has 2 rings (SSSR count). The summed E-state index contributed by atoms with van der Waals surface area (Å²) in [4.78, 5) is 23.9. The number of ether oxygens (including phenoxy) is 6. The molecule has 0 N–H and O–H groups in total. The number of benzene rings is 1. The summed E-state index contributed by atoms with van der Waals surface area (Å²) in [6.45, 7) is 5.18. The van der Waals surface area contributed by atoms with Crippen molar-refractivity contribution in [1.82, 2.24) is 0 Å². The Balaban J connectivity index is 2.48. The van der Waals surface area contributed by atoms with E-state index < -0.39 is 12.4 Å². The number of cyclic esters (lactones) is 1. The van der Waals surface area contributed by atoms with Gasteiger partial charge < -0.3 is 28.4 Å². The predicted molar refractivity (Wildman–Crippen MR) is 109 cm³/mol. The molecule has 30 heavy (non-hydrogen) atoms. The van der Waals surface area contributed by atoms with Gasteiger partial charge in [0.1, 0.15) is 23.7 Å². The molecule has 0 fully saturated rings. The fraction of sp³-hybridized carbons (Fsp3) is 0.545. The third-order valence-corrected chi connectivity index (χ3v) is 4.94. The van der Waals surface area contributed by atoms with Crippen LogP contribution in [-0.2, 0) is 36.8 Å². The van der Waals surface area contributed by atoms with Crippen molar-refractivity contribution in [3.8, 4) is 11.5 Å². The van der Waals surface area contributed by atoms with Crippen molar-refractivity contribution in [2.45, 2.75) is 53.1 Å². The van der Waals surface area contributed by atoms with E-state index in [1.807, 2.05) is 26.8 Å². The number of methoxy groups -OCH3 is 3. The summed E-state index contributed by atoms with van der Waals surface area (Å²) in [5.41, 5.74) is 3.61. The fourth-order valence-corrected chi connectivity index (χ4v) is 3.30. The highest BCUT2D eigenvalue weighted by atomic mass is 16.8. The molecule has 166 valence electrons. The van der Waals surface area contributed by atoms with E-state index in [0.29, 0.717) is 48.5 Å². The minimum Gasteiger partial charge on any atom is -0.496 e. The second-order valence-electron chi connectivity index (χ2n) is 6.82. The van der Waals surface area contributed by atoms with Crippen LogP contribution in [0.2, 0.25) is 0 Å². The number of hydrogen-bond donors (Lipinski definition) is 0. The highest BCUT2D eigenvalue weighted by Gasteiger charge is 2.34. The summed E-state index contributed by atoms with van der Waals surface area (Å²) in [5, 5.41) is 0. The second-order valence-corrected chi connectivity index (χ2v) is 6.82. The topological polar surface area (TPSA) is 89.5 Å². The fourth-order valence-electron chi connectivity index (χ4n) is 3.30. The molecule has 1 unspecified atom stereocenters. The van der Waals surface area contributed by atoms with Gasteiger partial charge in [-0.05, 0) is 39.2 Å². The third-order valence-electron chi connectivity index (χ3n) is 4.94. The van der Waals surface area contributed by atoms with E-state index in [4.69, 9.17) is 28.4 Å². The monoisotopic (exact) mass is 422 g/mol. The van der Waals surface area contributed by atoms with Crippen LogP contribution in [0.3, 0.4) is 0 Å². The summed E-state index contributed by atoms with van der Waals surface area (Å²) in [7, 11) is 4.40. The van der Waals surface area contributed by atoms with Crippen molar-refractivity contribution in [1.29, 1.82) is 0 Å². The van der Waals surface area contributed by atoms with E-state index in [-0.39, 0.29) is 12.6 Å². The maximum Gasteiger partial charge on any atom is 0.342 e. The van der Waals surface area contributed by atoms with E-state index in [9.17, 15) is 9.59 Å². The lowest BCUT2D eigenvalue weighted by Crippen LogP contribution is -2.24. The maximum atomic E-state index is 12.5. The lowest BCUT2D eigenvalue weighted by molar-refractivity contribution is -0.231. The normalized spacial score (nSPS) is 14.2. The highest BCUT2D eigenvalue weighted by Crippen LogP contribution is 2.43. The zero-order chi connectivity index (χ0) is 22.3. The first-order chi connectivity index (χ1) is 14.4. The zero-order valence-electron chi connectivity index (χ0n) is 18.5. The standard InChI is InChI=1S/C22H30O8/c1-7-28-22(27-6)30-20-15(10-8-13(2)9-11-17(23)25-4)19(26-5)14(3)16-12-29-21(24)18(16)20/h8,22H,7,9-12H2,1-6H3. The lowest BCUT2D eigenvalue weighted by atomic mass is 9.94. The Morgan fingerprint density at radius 1 is 1.20 bits per heavy atom. The third kappa shape index (κ3) is 5.31. The van der Waals surface area contributed by atoms with Gasteiger partial charge in [0.2, 0.25) is 0 Å². The summed E-state index contributed by atoms with van der Waals surface area (Å²) in [6.07, 6.45) is 3.26. The van der Waals surface area contributed by atoms with Crippen LogP contribution in [0, 0.1) is 6.92 Å². The number of esters is 2. The van der Waals surface area contributed by atoms with Crippen molar-refractivity contribution in [2.24, 2.45) is 0 Å². The van der Waals surface area contributed by atoms with Gasteiger partial charge in [0.05, 0.1) is 20.8 Å². The van der Waals surface area contributed by atoms with Crippen LogP contribution in [0.15, 0.2) is 11.6 Å². The average molecular weight is 422 g/mol. The zero-order valence-corrected chi connectivity index (χ0v) is 18.5. The van der Waals surface area contributed by atoms with Crippen LogP contribution in [0.4, 0.5) is 0 Å². The highest BCUT2D eigenvalue weighted by molar-refractivity contribution is 5.98. The largest absolute Gasteiger partial charge is 0.496 e. The molecule has 0 radical (unpaired) electrons. The molecule has 1 aliphatic heterocycles. The molecule has 1 aromatic rings. The summed E-state index contributed by atoms with van der Waals surface area (Å²) >= 11 is 0. The van der Waals surface area contributed by atoms with Gasteiger partial charge in [-0.15, -0.1) is 0 Å². The Kier molecular flexibility index (Phi) is 8.68. The van der Waals surface area contributed by atoms with Crippen LogP contribution >= 0.6 is 0 Å². The minimum atomic E-state index is -0.983. The van der Waals surface area contributed by atoms with Gasteiger partial charge in [0, 0.05) is 24.7 Å². The van der Waals surface area contributed by atoms with Gasteiger partial charge in [-0.25, -0.2) is 4.79 Å². The number of hydrogen-bond acceptors (Lipinski definition) is 8. The number of fused-ring (bicyclic) bond motifs is 1. The average Bonchev–Trinajstić information content (AvgIpc) is 3.13. The Labute approximate surface area is 177 Å². The van der Waals surface area contributed by atoms with Gasteiger partial charge in [-0.1, -0.05) is 11.6 Å². The van der Waals surface area contributed by atoms with E-state index in [1.54, 1.807) is 7.11 Å². The molecular formula is C22H30O8. The lowest BCUT2D eigenvalue weighted by Gasteiger charge is -2.23. The molecule has 0 saturated heterocycles. The van der Waals surface area contributed by atoms with Crippen molar-refractivity contribution >= 4 is 11.9 Å². The first-order valence-corrected chi connectivity index (χ1v) is 9.80.